The summed E-state index contributed by atoms with van der Waals surface area (Å²) in [5.74, 6) is 5.57. The third-order valence-corrected chi connectivity index (χ3v) is 5.69. The van der Waals surface area contributed by atoms with Crippen molar-refractivity contribution >= 4 is 11.8 Å². The summed E-state index contributed by atoms with van der Waals surface area (Å²) in [6.07, 6.45) is 3.12. The third kappa shape index (κ3) is 3.67. The van der Waals surface area contributed by atoms with Crippen molar-refractivity contribution in [1.29, 1.82) is 0 Å². The molecular weight excluding hydrogens is 382 g/mol. The summed E-state index contributed by atoms with van der Waals surface area (Å²) in [6.45, 7) is 0.702. The Bertz CT molecular complexity index is 981. The predicted octanol–water partition coefficient (Wildman–Crippen LogP) is 0.891. The van der Waals surface area contributed by atoms with E-state index in [2.05, 4.69) is 16.8 Å². The lowest BCUT2D eigenvalue weighted by atomic mass is 9.73. The first kappa shape index (κ1) is 20.1. The number of pyridine rings is 1. The molecule has 7 heteroatoms. The molecule has 0 radical (unpaired) electrons. The largest absolute Gasteiger partial charge is 0.394 e. The molecule has 1 N–H and O–H groups in total. The molecule has 0 spiro atoms. The molecule has 1 aromatic carbocycles. The van der Waals surface area contributed by atoms with Crippen LogP contribution in [0, 0.1) is 11.8 Å². The molecule has 1 aromatic heterocycles. The molecule has 0 saturated carbocycles. The van der Waals surface area contributed by atoms with Crippen molar-refractivity contribution in [2.24, 2.45) is 0 Å². The van der Waals surface area contributed by atoms with E-state index in [4.69, 9.17) is 4.74 Å². The number of methoxy groups -OCH3 is 1. The van der Waals surface area contributed by atoms with E-state index in [0.717, 1.165) is 11.1 Å². The molecule has 0 aliphatic carbocycles. The van der Waals surface area contributed by atoms with E-state index in [-0.39, 0.29) is 43.0 Å². The first-order valence-electron chi connectivity index (χ1n) is 9.83. The average Bonchev–Trinajstić information content (AvgIpc) is 2.76. The Morgan fingerprint density at radius 2 is 2.10 bits per heavy atom. The van der Waals surface area contributed by atoms with Crippen LogP contribution in [-0.2, 0) is 9.53 Å². The van der Waals surface area contributed by atoms with E-state index in [1.807, 2.05) is 24.3 Å². The fourth-order valence-electron chi connectivity index (χ4n) is 4.33. The fraction of sp³-hybridized carbons (Fsp3) is 0.348. The van der Waals surface area contributed by atoms with E-state index in [9.17, 15) is 14.7 Å². The summed E-state index contributed by atoms with van der Waals surface area (Å²) in [7, 11) is 1.60. The third-order valence-electron chi connectivity index (χ3n) is 5.69. The van der Waals surface area contributed by atoms with E-state index in [1.165, 1.54) is 6.20 Å². The van der Waals surface area contributed by atoms with Crippen LogP contribution < -0.4 is 0 Å². The van der Waals surface area contributed by atoms with Gasteiger partial charge in [0, 0.05) is 37.5 Å². The van der Waals surface area contributed by atoms with Crippen LogP contribution in [0.25, 0.3) is 0 Å². The molecule has 0 bridgehead atoms. The molecule has 2 amide bonds. The van der Waals surface area contributed by atoms with Crippen LogP contribution in [0.1, 0.15) is 27.4 Å². The van der Waals surface area contributed by atoms with Gasteiger partial charge in [-0.1, -0.05) is 24.0 Å². The topological polar surface area (TPSA) is 83.0 Å². The van der Waals surface area contributed by atoms with Gasteiger partial charge in [0.1, 0.15) is 13.2 Å². The van der Waals surface area contributed by atoms with Gasteiger partial charge in [-0.15, -0.1) is 0 Å². The number of aromatic nitrogens is 1. The van der Waals surface area contributed by atoms with Crippen molar-refractivity contribution in [3.05, 3.63) is 65.5 Å². The highest BCUT2D eigenvalue weighted by atomic mass is 16.5. The van der Waals surface area contributed by atoms with E-state index in [0.29, 0.717) is 18.7 Å². The van der Waals surface area contributed by atoms with Crippen molar-refractivity contribution in [1.82, 2.24) is 14.8 Å². The molecule has 0 unspecified atom stereocenters. The van der Waals surface area contributed by atoms with Crippen LogP contribution in [0.4, 0.5) is 0 Å². The van der Waals surface area contributed by atoms with Gasteiger partial charge in [0.25, 0.3) is 5.91 Å². The highest BCUT2D eigenvalue weighted by Crippen LogP contribution is 2.43. The lowest BCUT2D eigenvalue weighted by molar-refractivity contribution is -0.159. The summed E-state index contributed by atoms with van der Waals surface area (Å²) in [5.41, 5.74) is 2.36. The fourth-order valence-corrected chi connectivity index (χ4v) is 4.33. The van der Waals surface area contributed by atoms with Gasteiger partial charge in [-0.25, -0.2) is 0 Å². The molecular formula is C23H23N3O4. The molecule has 7 nitrogen and oxygen atoms in total. The number of aliphatic hydroxyl groups excluding tert-OH is 1. The number of amides is 2. The molecule has 2 saturated heterocycles. The Labute approximate surface area is 175 Å². The number of fused-ring (bicyclic) bond motifs is 1. The van der Waals surface area contributed by atoms with Crippen molar-refractivity contribution in [3.8, 4) is 11.8 Å². The number of hydrogen-bond donors (Lipinski definition) is 1. The zero-order chi connectivity index (χ0) is 21.1. The maximum absolute atomic E-state index is 12.8. The van der Waals surface area contributed by atoms with Gasteiger partial charge in [0.15, 0.2) is 0 Å². The minimum atomic E-state index is -0.274. The standard InChI is InChI=1S/C23H23N3O4/c1-30-11-3-4-16-6-8-17(9-7-16)22-19-13-25(14-21(28)26(19)20(22)15-27)23(29)18-5-2-10-24-12-18/h2,5-10,12,19-20,22,27H,11,13-15H2,1H3/t19-,20+,22-/m0/s1. The zero-order valence-electron chi connectivity index (χ0n) is 16.7. The number of ether oxygens (including phenoxy) is 1. The lowest BCUT2D eigenvalue weighted by Gasteiger charge is -2.58. The van der Waals surface area contributed by atoms with E-state index >= 15 is 0 Å². The predicted molar refractivity (Wildman–Crippen MR) is 110 cm³/mol. The highest BCUT2D eigenvalue weighted by Gasteiger charge is 2.54. The van der Waals surface area contributed by atoms with Crippen molar-refractivity contribution in [2.45, 2.75) is 18.0 Å². The molecule has 30 heavy (non-hydrogen) atoms. The van der Waals surface area contributed by atoms with Gasteiger partial charge in [-0.3, -0.25) is 14.6 Å². The van der Waals surface area contributed by atoms with Crippen LogP contribution in [0.5, 0.6) is 0 Å². The van der Waals surface area contributed by atoms with Gasteiger partial charge in [0.2, 0.25) is 5.91 Å². The number of piperazine rings is 1. The number of rotatable bonds is 4. The Hall–Kier alpha value is -3.21. The number of hydrogen-bond acceptors (Lipinski definition) is 5. The van der Waals surface area contributed by atoms with Gasteiger partial charge in [-0.05, 0) is 29.8 Å². The zero-order valence-corrected chi connectivity index (χ0v) is 16.7. The number of nitrogens with zero attached hydrogens (tertiary/aromatic N) is 3. The second kappa shape index (κ2) is 8.66. The van der Waals surface area contributed by atoms with Gasteiger partial charge < -0.3 is 19.6 Å². The van der Waals surface area contributed by atoms with Crippen LogP contribution >= 0.6 is 0 Å². The first-order chi connectivity index (χ1) is 14.6. The SMILES string of the molecule is COCC#Cc1ccc([C@@H]2[C@@H](CO)N3C(=O)CN(C(=O)c4cccnc4)C[C@@H]23)cc1. The maximum atomic E-state index is 12.8. The van der Waals surface area contributed by atoms with Crippen LogP contribution in [0.3, 0.4) is 0 Å². The van der Waals surface area contributed by atoms with Gasteiger partial charge in [0.05, 0.1) is 24.3 Å². The quantitative estimate of drug-likeness (QED) is 0.764. The molecule has 3 heterocycles. The van der Waals surface area contributed by atoms with Crippen LogP contribution in [-0.4, -0.2) is 77.2 Å². The molecule has 3 atom stereocenters. The Balaban J connectivity index is 1.54. The summed E-state index contributed by atoms with van der Waals surface area (Å²) in [6, 6.07) is 10.8. The number of carbonyl (C=O) groups is 2. The maximum Gasteiger partial charge on any atom is 0.255 e. The van der Waals surface area contributed by atoms with E-state index < -0.39 is 0 Å². The second-order valence-corrected chi connectivity index (χ2v) is 7.43. The Morgan fingerprint density at radius 3 is 2.77 bits per heavy atom. The van der Waals surface area contributed by atoms with Crippen molar-refractivity contribution < 1.29 is 19.4 Å². The Morgan fingerprint density at radius 1 is 1.30 bits per heavy atom. The summed E-state index contributed by atoms with van der Waals surface area (Å²) in [4.78, 5) is 32.8. The minimum Gasteiger partial charge on any atom is -0.394 e. The minimum absolute atomic E-state index is 0.0154. The average molecular weight is 405 g/mol. The molecule has 2 aromatic rings. The molecule has 2 fully saturated rings. The molecule has 2 aliphatic rings. The highest BCUT2D eigenvalue weighted by molar-refractivity contribution is 5.97. The number of aliphatic hydroxyl groups is 1. The molecule has 154 valence electrons. The number of carbonyl (C=O) groups excluding carboxylic acids is 2. The lowest BCUT2D eigenvalue weighted by Crippen LogP contribution is -2.73. The van der Waals surface area contributed by atoms with Crippen molar-refractivity contribution in [3.63, 3.8) is 0 Å². The Kier molecular flexibility index (Phi) is 5.79. The smallest absolute Gasteiger partial charge is 0.255 e. The first-order valence-corrected chi connectivity index (χ1v) is 9.83. The summed E-state index contributed by atoms with van der Waals surface area (Å²) in [5, 5.41) is 9.91. The van der Waals surface area contributed by atoms with E-state index in [1.54, 1.807) is 35.2 Å². The molecule has 4 rings (SSSR count). The van der Waals surface area contributed by atoms with Crippen molar-refractivity contribution in [2.75, 3.05) is 33.4 Å². The monoisotopic (exact) mass is 405 g/mol. The van der Waals surface area contributed by atoms with Crippen LogP contribution in [0.15, 0.2) is 48.8 Å². The van der Waals surface area contributed by atoms with Crippen LogP contribution in [0.2, 0.25) is 0 Å². The summed E-state index contributed by atoms with van der Waals surface area (Å²) < 4.78 is 4.94. The second-order valence-electron chi connectivity index (χ2n) is 7.43. The molecule has 2 aliphatic heterocycles. The number of benzene rings is 1. The van der Waals surface area contributed by atoms with Gasteiger partial charge in [-0.2, -0.15) is 0 Å². The summed E-state index contributed by atoms with van der Waals surface area (Å²) >= 11 is 0. The normalized spacial score (nSPS) is 22.6. The van der Waals surface area contributed by atoms with Gasteiger partial charge >= 0.3 is 0 Å².